The average molecular weight is 272 g/mol. The monoisotopic (exact) mass is 272 g/mol. The van der Waals surface area contributed by atoms with E-state index in [9.17, 15) is 9.59 Å². The number of imidazole rings is 1. The van der Waals surface area contributed by atoms with Gasteiger partial charge < -0.3 is 9.88 Å². The Hall–Kier alpha value is -2.37. The maximum Gasteiger partial charge on any atom is 0.249 e. The first-order valence-electron chi connectivity index (χ1n) is 6.58. The Balaban J connectivity index is 1.89. The van der Waals surface area contributed by atoms with E-state index in [1.165, 1.54) is 0 Å². The lowest BCUT2D eigenvalue weighted by Gasteiger charge is -2.22. The van der Waals surface area contributed by atoms with Gasteiger partial charge in [0.25, 0.3) is 0 Å². The van der Waals surface area contributed by atoms with Crippen LogP contribution in [0.2, 0.25) is 0 Å². The number of benzene rings is 1. The van der Waals surface area contributed by atoms with Crippen LogP contribution in [0.3, 0.4) is 0 Å². The number of piperidine rings is 1. The third kappa shape index (κ3) is 2.13. The van der Waals surface area contributed by atoms with Crippen LogP contribution in [0, 0.1) is 6.92 Å². The van der Waals surface area contributed by atoms with E-state index in [-0.39, 0.29) is 11.8 Å². The minimum atomic E-state index is -0.413. The number of amides is 2. The number of carbonyl (C=O) groups is 2. The molecule has 2 aromatic rings. The molecule has 2 N–H and O–H groups in total. The Morgan fingerprint density at radius 2 is 2.20 bits per heavy atom. The summed E-state index contributed by atoms with van der Waals surface area (Å²) in [4.78, 5) is 27.4. The van der Waals surface area contributed by atoms with Gasteiger partial charge in [0.2, 0.25) is 17.8 Å². The highest BCUT2D eigenvalue weighted by Crippen LogP contribution is 2.21. The third-order valence-electron chi connectivity index (χ3n) is 3.58. The number of anilines is 1. The summed E-state index contributed by atoms with van der Waals surface area (Å²) in [6.07, 6.45) is 0.847. The zero-order valence-corrected chi connectivity index (χ0v) is 11.4. The quantitative estimate of drug-likeness (QED) is 0.803. The Kier molecular flexibility index (Phi) is 2.93. The number of hydrogen-bond acceptors (Lipinski definition) is 4. The lowest BCUT2D eigenvalue weighted by Crippen LogP contribution is -2.47. The molecule has 20 heavy (non-hydrogen) atoms. The molecule has 1 aromatic carbocycles. The van der Waals surface area contributed by atoms with Crippen LogP contribution in [-0.2, 0) is 16.6 Å². The van der Waals surface area contributed by atoms with Crippen molar-refractivity contribution < 1.29 is 9.59 Å². The molecule has 2 amide bonds. The van der Waals surface area contributed by atoms with E-state index in [1.54, 1.807) is 0 Å². The SMILES string of the molecule is Cc1ccc2c(c1)nc(NC1CCC(=O)NC1=O)n2C. The minimum absolute atomic E-state index is 0.214. The first kappa shape index (κ1) is 12.7. The summed E-state index contributed by atoms with van der Waals surface area (Å²) in [5, 5.41) is 5.45. The summed E-state index contributed by atoms with van der Waals surface area (Å²) in [6.45, 7) is 2.02. The first-order chi connectivity index (χ1) is 9.54. The van der Waals surface area contributed by atoms with Gasteiger partial charge in [-0.05, 0) is 31.0 Å². The predicted octanol–water partition coefficient (Wildman–Crippen LogP) is 1.10. The van der Waals surface area contributed by atoms with Crippen LogP contribution in [-0.4, -0.2) is 27.4 Å². The van der Waals surface area contributed by atoms with Gasteiger partial charge in [0, 0.05) is 13.5 Å². The smallest absolute Gasteiger partial charge is 0.249 e. The zero-order chi connectivity index (χ0) is 14.3. The van der Waals surface area contributed by atoms with Gasteiger partial charge in [0.05, 0.1) is 11.0 Å². The van der Waals surface area contributed by atoms with Crippen LogP contribution in [0.15, 0.2) is 18.2 Å². The van der Waals surface area contributed by atoms with Gasteiger partial charge >= 0.3 is 0 Å². The number of aromatic nitrogens is 2. The topological polar surface area (TPSA) is 76.0 Å². The van der Waals surface area contributed by atoms with Crippen molar-refractivity contribution >= 4 is 28.8 Å². The zero-order valence-electron chi connectivity index (χ0n) is 11.4. The van der Waals surface area contributed by atoms with E-state index < -0.39 is 6.04 Å². The molecule has 1 fully saturated rings. The standard InChI is InChI=1S/C14H16N4O2/c1-8-3-5-11-10(7-8)16-14(18(11)2)15-9-4-6-12(19)17-13(9)20/h3,5,7,9H,4,6H2,1-2H3,(H,15,16)(H,17,19,20). The highest BCUT2D eigenvalue weighted by atomic mass is 16.2. The molecular weight excluding hydrogens is 256 g/mol. The molecule has 1 saturated heterocycles. The second kappa shape index (κ2) is 4.63. The molecule has 0 aliphatic carbocycles. The predicted molar refractivity (Wildman–Crippen MR) is 75.2 cm³/mol. The Morgan fingerprint density at radius 3 is 2.95 bits per heavy atom. The van der Waals surface area contributed by atoms with Gasteiger partial charge in [0.1, 0.15) is 6.04 Å². The largest absolute Gasteiger partial charge is 0.344 e. The number of hydrogen-bond donors (Lipinski definition) is 2. The molecule has 6 nitrogen and oxygen atoms in total. The molecule has 0 radical (unpaired) electrons. The van der Waals surface area contributed by atoms with Crippen molar-refractivity contribution in [2.75, 3.05) is 5.32 Å². The molecule has 1 aliphatic heterocycles. The highest BCUT2D eigenvalue weighted by Gasteiger charge is 2.27. The number of imide groups is 1. The normalized spacial score (nSPS) is 19.2. The number of carbonyl (C=O) groups excluding carboxylic acids is 2. The van der Waals surface area contributed by atoms with Crippen molar-refractivity contribution in [3.8, 4) is 0 Å². The molecule has 0 bridgehead atoms. The number of nitrogens with one attached hydrogen (secondary N) is 2. The number of aryl methyl sites for hydroxylation is 2. The molecule has 6 heteroatoms. The van der Waals surface area contributed by atoms with Crippen molar-refractivity contribution in [1.29, 1.82) is 0 Å². The van der Waals surface area contributed by atoms with Crippen molar-refractivity contribution in [1.82, 2.24) is 14.9 Å². The number of nitrogens with zero attached hydrogens (tertiary/aromatic N) is 2. The fourth-order valence-electron chi connectivity index (χ4n) is 2.43. The lowest BCUT2D eigenvalue weighted by molar-refractivity contribution is -0.133. The molecule has 2 heterocycles. The first-order valence-corrected chi connectivity index (χ1v) is 6.58. The van der Waals surface area contributed by atoms with Gasteiger partial charge in [-0.15, -0.1) is 0 Å². The van der Waals surface area contributed by atoms with E-state index in [1.807, 2.05) is 36.7 Å². The Bertz CT molecular complexity index is 705. The van der Waals surface area contributed by atoms with Crippen LogP contribution >= 0.6 is 0 Å². The van der Waals surface area contributed by atoms with Gasteiger partial charge in [-0.1, -0.05) is 6.07 Å². The Morgan fingerprint density at radius 1 is 1.40 bits per heavy atom. The van der Waals surface area contributed by atoms with E-state index in [2.05, 4.69) is 15.6 Å². The van der Waals surface area contributed by atoms with Gasteiger partial charge in [-0.25, -0.2) is 4.98 Å². The van der Waals surface area contributed by atoms with Gasteiger partial charge in [-0.2, -0.15) is 0 Å². The Labute approximate surface area is 116 Å². The molecule has 1 atom stereocenters. The average Bonchev–Trinajstić information content (AvgIpc) is 2.69. The minimum Gasteiger partial charge on any atom is -0.344 e. The second-order valence-electron chi connectivity index (χ2n) is 5.13. The van der Waals surface area contributed by atoms with E-state index in [0.29, 0.717) is 18.8 Å². The summed E-state index contributed by atoms with van der Waals surface area (Å²) in [7, 11) is 1.90. The van der Waals surface area contributed by atoms with Gasteiger partial charge in [0.15, 0.2) is 0 Å². The highest BCUT2D eigenvalue weighted by molar-refractivity contribution is 6.01. The summed E-state index contributed by atoms with van der Waals surface area (Å²) >= 11 is 0. The van der Waals surface area contributed by atoms with Crippen LogP contribution in [0.5, 0.6) is 0 Å². The fourth-order valence-corrected chi connectivity index (χ4v) is 2.43. The molecule has 1 unspecified atom stereocenters. The van der Waals surface area contributed by atoms with E-state index >= 15 is 0 Å². The maximum absolute atomic E-state index is 11.8. The number of rotatable bonds is 2. The molecule has 3 rings (SSSR count). The van der Waals surface area contributed by atoms with Crippen LogP contribution in [0.1, 0.15) is 18.4 Å². The molecule has 1 aromatic heterocycles. The lowest BCUT2D eigenvalue weighted by atomic mass is 10.1. The molecule has 1 aliphatic rings. The van der Waals surface area contributed by atoms with Crippen molar-refractivity contribution in [3.63, 3.8) is 0 Å². The summed E-state index contributed by atoms with van der Waals surface area (Å²) < 4.78 is 1.92. The van der Waals surface area contributed by atoms with Crippen LogP contribution < -0.4 is 10.6 Å². The summed E-state index contributed by atoms with van der Waals surface area (Å²) in [6, 6.07) is 5.63. The second-order valence-corrected chi connectivity index (χ2v) is 5.13. The van der Waals surface area contributed by atoms with Crippen molar-refractivity contribution in [2.45, 2.75) is 25.8 Å². The molecule has 0 spiro atoms. The number of fused-ring (bicyclic) bond motifs is 1. The van der Waals surface area contributed by atoms with E-state index in [0.717, 1.165) is 16.6 Å². The maximum atomic E-state index is 11.8. The summed E-state index contributed by atoms with van der Waals surface area (Å²) in [5.74, 6) is 0.137. The van der Waals surface area contributed by atoms with E-state index in [4.69, 9.17) is 0 Å². The van der Waals surface area contributed by atoms with Crippen LogP contribution in [0.4, 0.5) is 5.95 Å². The van der Waals surface area contributed by atoms with Crippen molar-refractivity contribution in [2.24, 2.45) is 7.05 Å². The van der Waals surface area contributed by atoms with Crippen molar-refractivity contribution in [3.05, 3.63) is 23.8 Å². The molecule has 0 saturated carbocycles. The molecule has 104 valence electrons. The van der Waals surface area contributed by atoms with Gasteiger partial charge in [-0.3, -0.25) is 14.9 Å². The third-order valence-corrected chi connectivity index (χ3v) is 3.58. The summed E-state index contributed by atoms with van der Waals surface area (Å²) in [5.41, 5.74) is 3.04. The fraction of sp³-hybridized carbons (Fsp3) is 0.357. The van der Waals surface area contributed by atoms with Crippen LogP contribution in [0.25, 0.3) is 11.0 Å². The molecular formula is C14H16N4O2.